The number of hydrogen-bond acceptors (Lipinski definition) is 3. The van der Waals surface area contributed by atoms with Crippen molar-refractivity contribution in [1.29, 1.82) is 0 Å². The summed E-state index contributed by atoms with van der Waals surface area (Å²) in [4.78, 5) is 5.35. The number of nitrogens with zero attached hydrogens (tertiary/aromatic N) is 1. The molecule has 0 unspecified atom stereocenters. The third-order valence-electron chi connectivity index (χ3n) is 3.34. The highest BCUT2D eigenvalue weighted by molar-refractivity contribution is 7.11. The third kappa shape index (κ3) is 7.09. The fourth-order valence-corrected chi connectivity index (χ4v) is 2.93. The van der Waals surface area contributed by atoms with Gasteiger partial charge in [0.25, 0.3) is 0 Å². The molecule has 0 saturated carbocycles. The zero-order chi connectivity index (χ0) is 14.3. The first kappa shape index (κ1) is 16.7. The third-order valence-corrected chi connectivity index (χ3v) is 4.44. The minimum atomic E-state index is 0.669. The Balaban J connectivity index is 2.51. The van der Waals surface area contributed by atoms with Crippen LogP contribution in [0.5, 0.6) is 0 Å². The summed E-state index contributed by atoms with van der Waals surface area (Å²) < 4.78 is 0. The van der Waals surface area contributed by atoms with Gasteiger partial charge in [-0.3, -0.25) is 4.90 Å². The minimum absolute atomic E-state index is 0.669. The van der Waals surface area contributed by atoms with Gasteiger partial charge in [0.1, 0.15) is 0 Å². The predicted octanol–water partition coefficient (Wildman–Crippen LogP) is 4.10. The van der Waals surface area contributed by atoms with Crippen LogP contribution >= 0.6 is 11.3 Å². The van der Waals surface area contributed by atoms with Gasteiger partial charge in [-0.1, -0.05) is 27.7 Å². The van der Waals surface area contributed by atoms with Crippen LogP contribution in [0.3, 0.4) is 0 Å². The zero-order valence-electron chi connectivity index (χ0n) is 13.0. The van der Waals surface area contributed by atoms with E-state index in [1.165, 1.54) is 35.7 Å². The predicted molar refractivity (Wildman–Crippen MR) is 86.4 cm³/mol. The number of nitrogens with two attached hydrogens (primary N) is 1. The number of hydrogen-bond donors (Lipinski definition) is 1. The molecule has 0 fully saturated rings. The van der Waals surface area contributed by atoms with E-state index in [0.717, 1.165) is 18.4 Å². The smallest absolute Gasteiger partial charge is 0.0328 e. The summed E-state index contributed by atoms with van der Waals surface area (Å²) in [5.41, 5.74) is 5.69. The largest absolute Gasteiger partial charge is 0.326 e. The average Bonchev–Trinajstić information content (AvgIpc) is 2.80. The lowest BCUT2D eigenvalue weighted by molar-refractivity contribution is 0.237. The summed E-state index contributed by atoms with van der Waals surface area (Å²) in [5, 5.41) is 0. The molecular formula is C16H30N2S. The summed E-state index contributed by atoms with van der Waals surface area (Å²) in [7, 11) is 0. The Kier molecular flexibility index (Phi) is 7.66. The molecule has 19 heavy (non-hydrogen) atoms. The molecule has 0 aromatic carbocycles. The van der Waals surface area contributed by atoms with Crippen LogP contribution in [0, 0.1) is 11.8 Å². The molecule has 0 saturated heterocycles. The molecule has 0 radical (unpaired) electrons. The monoisotopic (exact) mass is 282 g/mol. The van der Waals surface area contributed by atoms with Crippen molar-refractivity contribution in [3.05, 3.63) is 21.9 Å². The topological polar surface area (TPSA) is 29.3 Å². The van der Waals surface area contributed by atoms with Crippen LogP contribution in [0.2, 0.25) is 0 Å². The van der Waals surface area contributed by atoms with Gasteiger partial charge in [0.2, 0.25) is 0 Å². The van der Waals surface area contributed by atoms with Crippen LogP contribution < -0.4 is 5.73 Å². The SMILES string of the molecule is CC(C)CCN(CCC(C)C)Cc1ccc(CN)s1. The van der Waals surface area contributed by atoms with Gasteiger partial charge in [-0.05, 0) is 49.9 Å². The Hall–Kier alpha value is -0.380. The van der Waals surface area contributed by atoms with Crippen molar-refractivity contribution in [1.82, 2.24) is 4.90 Å². The van der Waals surface area contributed by atoms with Crippen LogP contribution in [-0.4, -0.2) is 18.0 Å². The van der Waals surface area contributed by atoms with Crippen LogP contribution in [0.15, 0.2) is 12.1 Å². The fraction of sp³-hybridized carbons (Fsp3) is 0.750. The van der Waals surface area contributed by atoms with E-state index in [-0.39, 0.29) is 0 Å². The maximum absolute atomic E-state index is 5.69. The molecule has 110 valence electrons. The highest BCUT2D eigenvalue weighted by Crippen LogP contribution is 2.19. The Morgan fingerprint density at radius 2 is 1.53 bits per heavy atom. The van der Waals surface area contributed by atoms with Crippen LogP contribution in [0.25, 0.3) is 0 Å². The van der Waals surface area contributed by atoms with Gasteiger partial charge in [0.05, 0.1) is 0 Å². The summed E-state index contributed by atoms with van der Waals surface area (Å²) in [6.07, 6.45) is 2.57. The lowest BCUT2D eigenvalue weighted by Crippen LogP contribution is -2.27. The van der Waals surface area contributed by atoms with Crippen molar-refractivity contribution in [2.24, 2.45) is 17.6 Å². The molecule has 0 aliphatic heterocycles. The number of thiophene rings is 1. The molecule has 1 aromatic heterocycles. The van der Waals surface area contributed by atoms with E-state index in [4.69, 9.17) is 5.73 Å². The van der Waals surface area contributed by atoms with E-state index in [1.807, 2.05) is 11.3 Å². The van der Waals surface area contributed by atoms with Crippen molar-refractivity contribution in [2.75, 3.05) is 13.1 Å². The molecule has 0 atom stereocenters. The van der Waals surface area contributed by atoms with Gasteiger partial charge in [-0.15, -0.1) is 11.3 Å². The summed E-state index contributed by atoms with van der Waals surface area (Å²) in [5.74, 6) is 1.56. The van der Waals surface area contributed by atoms with Gasteiger partial charge in [0, 0.05) is 22.8 Å². The molecule has 1 aromatic rings. The Bertz CT molecular complexity index is 332. The highest BCUT2D eigenvalue weighted by Gasteiger charge is 2.09. The van der Waals surface area contributed by atoms with Gasteiger partial charge in [-0.25, -0.2) is 0 Å². The quantitative estimate of drug-likeness (QED) is 0.739. The molecule has 2 N–H and O–H groups in total. The van der Waals surface area contributed by atoms with Crippen molar-refractivity contribution >= 4 is 11.3 Å². The van der Waals surface area contributed by atoms with E-state index < -0.39 is 0 Å². The first-order valence-corrected chi connectivity index (χ1v) is 8.33. The standard InChI is InChI=1S/C16H30N2S/c1-13(2)7-9-18(10-8-14(3)4)12-16-6-5-15(11-17)19-16/h5-6,13-14H,7-12,17H2,1-4H3. The highest BCUT2D eigenvalue weighted by atomic mass is 32.1. The van der Waals surface area contributed by atoms with Gasteiger partial charge in [-0.2, -0.15) is 0 Å². The van der Waals surface area contributed by atoms with E-state index in [9.17, 15) is 0 Å². The van der Waals surface area contributed by atoms with Gasteiger partial charge >= 0.3 is 0 Å². The maximum atomic E-state index is 5.69. The van der Waals surface area contributed by atoms with Crippen molar-refractivity contribution in [3.8, 4) is 0 Å². The summed E-state index contributed by atoms with van der Waals surface area (Å²) in [6.45, 7) is 13.4. The van der Waals surface area contributed by atoms with Crippen LogP contribution in [0.4, 0.5) is 0 Å². The fourth-order valence-electron chi connectivity index (χ4n) is 1.99. The molecular weight excluding hydrogens is 252 g/mol. The molecule has 0 aliphatic rings. The summed E-state index contributed by atoms with van der Waals surface area (Å²) in [6, 6.07) is 4.41. The van der Waals surface area contributed by atoms with Crippen molar-refractivity contribution < 1.29 is 0 Å². The van der Waals surface area contributed by atoms with Crippen molar-refractivity contribution in [3.63, 3.8) is 0 Å². The zero-order valence-corrected chi connectivity index (χ0v) is 13.8. The molecule has 3 heteroatoms. The first-order valence-electron chi connectivity index (χ1n) is 7.51. The van der Waals surface area contributed by atoms with E-state index >= 15 is 0 Å². The van der Waals surface area contributed by atoms with E-state index in [1.54, 1.807) is 0 Å². The Labute approximate surface area is 123 Å². The summed E-state index contributed by atoms with van der Waals surface area (Å²) >= 11 is 1.86. The average molecular weight is 282 g/mol. The van der Waals surface area contributed by atoms with Crippen LogP contribution in [-0.2, 0) is 13.1 Å². The van der Waals surface area contributed by atoms with E-state index in [2.05, 4.69) is 44.7 Å². The Morgan fingerprint density at radius 3 is 1.95 bits per heavy atom. The second-order valence-corrected chi connectivity index (χ2v) is 7.47. The normalized spacial score (nSPS) is 12.0. The molecule has 1 rings (SSSR count). The van der Waals surface area contributed by atoms with Gasteiger partial charge in [0.15, 0.2) is 0 Å². The first-order chi connectivity index (χ1) is 9.01. The lowest BCUT2D eigenvalue weighted by Gasteiger charge is -2.23. The number of rotatable bonds is 9. The molecule has 0 spiro atoms. The molecule has 0 aliphatic carbocycles. The Morgan fingerprint density at radius 1 is 1.00 bits per heavy atom. The second-order valence-electron chi connectivity index (χ2n) is 6.21. The second kappa shape index (κ2) is 8.72. The molecule has 1 heterocycles. The van der Waals surface area contributed by atoms with Crippen LogP contribution in [0.1, 0.15) is 50.3 Å². The lowest BCUT2D eigenvalue weighted by atomic mass is 10.1. The minimum Gasteiger partial charge on any atom is -0.326 e. The van der Waals surface area contributed by atoms with Gasteiger partial charge < -0.3 is 5.73 Å². The molecule has 0 bridgehead atoms. The maximum Gasteiger partial charge on any atom is 0.0328 e. The van der Waals surface area contributed by atoms with E-state index in [0.29, 0.717) is 6.54 Å². The molecule has 2 nitrogen and oxygen atoms in total. The van der Waals surface area contributed by atoms with Crippen molar-refractivity contribution in [2.45, 2.75) is 53.6 Å². The molecule has 0 amide bonds.